The third-order valence-corrected chi connectivity index (χ3v) is 5.91. The molecule has 0 unspecified atom stereocenters. The molecule has 0 aliphatic carbocycles. The monoisotopic (exact) mass is 485 g/mol. The Morgan fingerprint density at radius 2 is 1.62 bits per heavy atom. The standard InChI is InChI=1S/C25H23N7S2/c1-25(2,3)22-20(15-26)34-24(30-22)28-19-12-8-7-11-18(19)27-23(33)29-21-14-13-17(31-32-21)16-9-5-4-6-10-16/h4-14H,1-3H3,(H,28,30)(H2,27,29,32,33). The Bertz CT molecular complexity index is 1330. The molecule has 4 rings (SSSR count). The summed E-state index contributed by atoms with van der Waals surface area (Å²) >= 11 is 6.82. The van der Waals surface area contributed by atoms with Gasteiger partial charge in [-0.1, -0.05) is 74.6 Å². The van der Waals surface area contributed by atoms with E-state index in [1.165, 1.54) is 11.3 Å². The zero-order valence-corrected chi connectivity index (χ0v) is 20.6. The molecule has 9 heteroatoms. The Morgan fingerprint density at radius 1 is 0.912 bits per heavy atom. The number of thiocarbonyl (C=S) groups is 1. The molecule has 0 bridgehead atoms. The topological polar surface area (TPSA) is 98.6 Å². The Morgan fingerprint density at radius 3 is 2.24 bits per heavy atom. The van der Waals surface area contributed by atoms with Gasteiger partial charge >= 0.3 is 0 Å². The van der Waals surface area contributed by atoms with Gasteiger partial charge in [0.05, 0.1) is 22.8 Å². The lowest BCUT2D eigenvalue weighted by atomic mass is 9.91. The normalized spacial score (nSPS) is 10.9. The van der Waals surface area contributed by atoms with E-state index in [4.69, 9.17) is 12.2 Å². The number of para-hydroxylation sites is 2. The zero-order valence-electron chi connectivity index (χ0n) is 19.0. The first-order chi connectivity index (χ1) is 16.3. The van der Waals surface area contributed by atoms with Crippen LogP contribution >= 0.6 is 23.6 Å². The fourth-order valence-corrected chi connectivity index (χ4v) is 4.41. The highest BCUT2D eigenvalue weighted by Crippen LogP contribution is 2.34. The third-order valence-electron chi connectivity index (χ3n) is 4.83. The number of benzene rings is 2. The van der Waals surface area contributed by atoms with Crippen LogP contribution in [-0.4, -0.2) is 20.3 Å². The van der Waals surface area contributed by atoms with E-state index < -0.39 is 0 Å². The third kappa shape index (κ3) is 5.54. The molecule has 0 spiro atoms. The minimum Gasteiger partial charge on any atom is -0.331 e. The Balaban J connectivity index is 1.46. The fourth-order valence-electron chi connectivity index (χ4n) is 3.21. The predicted octanol–water partition coefficient (Wildman–Crippen LogP) is 6.32. The van der Waals surface area contributed by atoms with E-state index in [-0.39, 0.29) is 5.41 Å². The summed E-state index contributed by atoms with van der Waals surface area (Å²) in [7, 11) is 0. The molecule has 0 radical (unpaired) electrons. The molecule has 4 aromatic rings. The summed E-state index contributed by atoms with van der Waals surface area (Å²) in [6.07, 6.45) is 0. The van der Waals surface area contributed by atoms with Crippen LogP contribution in [-0.2, 0) is 5.41 Å². The molecule has 0 amide bonds. The summed E-state index contributed by atoms with van der Waals surface area (Å²) in [5, 5.41) is 28.6. The number of hydrogen-bond acceptors (Lipinski definition) is 7. The van der Waals surface area contributed by atoms with Gasteiger partial charge in [0.2, 0.25) is 0 Å². The van der Waals surface area contributed by atoms with Gasteiger partial charge in [0.15, 0.2) is 16.1 Å². The lowest BCUT2D eigenvalue weighted by Gasteiger charge is -2.15. The molecule has 0 aliphatic heterocycles. The summed E-state index contributed by atoms with van der Waals surface area (Å²) < 4.78 is 0. The van der Waals surface area contributed by atoms with E-state index >= 15 is 0 Å². The van der Waals surface area contributed by atoms with Crippen molar-refractivity contribution in [3.8, 4) is 17.3 Å². The van der Waals surface area contributed by atoms with Crippen LogP contribution in [0.15, 0.2) is 66.7 Å². The lowest BCUT2D eigenvalue weighted by Crippen LogP contribution is -2.20. The first-order valence-corrected chi connectivity index (χ1v) is 11.8. The molecule has 7 nitrogen and oxygen atoms in total. The van der Waals surface area contributed by atoms with Gasteiger partial charge in [-0.15, -0.1) is 10.2 Å². The number of nitriles is 1. The number of aromatic nitrogens is 3. The second-order valence-electron chi connectivity index (χ2n) is 8.48. The second kappa shape index (κ2) is 9.95. The van der Waals surface area contributed by atoms with E-state index in [9.17, 15) is 5.26 Å². The zero-order chi connectivity index (χ0) is 24.1. The average Bonchev–Trinajstić information content (AvgIpc) is 3.25. The smallest absolute Gasteiger partial charge is 0.188 e. The van der Waals surface area contributed by atoms with Gasteiger partial charge in [0, 0.05) is 11.0 Å². The molecule has 3 N–H and O–H groups in total. The molecule has 0 atom stereocenters. The van der Waals surface area contributed by atoms with Crippen molar-refractivity contribution in [2.24, 2.45) is 0 Å². The van der Waals surface area contributed by atoms with Crippen molar-refractivity contribution in [1.29, 1.82) is 5.26 Å². The van der Waals surface area contributed by atoms with Gasteiger partial charge in [-0.3, -0.25) is 0 Å². The van der Waals surface area contributed by atoms with Crippen LogP contribution < -0.4 is 16.0 Å². The molecular formula is C25H23N7S2. The maximum atomic E-state index is 9.50. The summed E-state index contributed by atoms with van der Waals surface area (Å²) in [4.78, 5) is 5.27. The van der Waals surface area contributed by atoms with Crippen molar-refractivity contribution in [2.75, 3.05) is 16.0 Å². The number of anilines is 4. The number of hydrogen-bond donors (Lipinski definition) is 3. The predicted molar refractivity (Wildman–Crippen MR) is 143 cm³/mol. The van der Waals surface area contributed by atoms with Crippen LogP contribution in [0.1, 0.15) is 31.3 Å². The van der Waals surface area contributed by atoms with Crippen LogP contribution in [0.25, 0.3) is 11.3 Å². The van der Waals surface area contributed by atoms with Gasteiger partial charge in [0.1, 0.15) is 10.9 Å². The van der Waals surface area contributed by atoms with Gasteiger partial charge in [-0.05, 0) is 36.5 Å². The molecule has 2 aromatic heterocycles. The van der Waals surface area contributed by atoms with E-state index in [0.29, 0.717) is 20.9 Å². The number of nitrogens with zero attached hydrogens (tertiary/aromatic N) is 4. The highest BCUT2D eigenvalue weighted by Gasteiger charge is 2.23. The number of thiazole rings is 1. The average molecular weight is 486 g/mol. The van der Waals surface area contributed by atoms with Crippen LogP contribution in [0.4, 0.5) is 22.3 Å². The first kappa shape index (κ1) is 23.3. The summed E-state index contributed by atoms with van der Waals surface area (Å²) in [5.74, 6) is 0.538. The summed E-state index contributed by atoms with van der Waals surface area (Å²) in [6, 6.07) is 23.5. The fraction of sp³-hybridized carbons (Fsp3) is 0.160. The molecule has 0 aliphatic rings. The van der Waals surface area contributed by atoms with Crippen molar-refractivity contribution in [3.05, 3.63) is 77.3 Å². The van der Waals surface area contributed by atoms with Crippen LogP contribution in [0.3, 0.4) is 0 Å². The lowest BCUT2D eigenvalue weighted by molar-refractivity contribution is 0.572. The molecule has 0 saturated heterocycles. The van der Waals surface area contributed by atoms with Crippen LogP contribution in [0.5, 0.6) is 0 Å². The van der Waals surface area contributed by atoms with E-state index in [0.717, 1.165) is 28.3 Å². The van der Waals surface area contributed by atoms with Crippen LogP contribution in [0, 0.1) is 11.3 Å². The highest BCUT2D eigenvalue weighted by atomic mass is 32.1. The van der Waals surface area contributed by atoms with Crippen LogP contribution in [0.2, 0.25) is 0 Å². The molecule has 0 saturated carbocycles. The number of nitrogens with one attached hydrogen (secondary N) is 3. The molecule has 2 heterocycles. The van der Waals surface area contributed by atoms with Crippen molar-refractivity contribution < 1.29 is 0 Å². The molecule has 170 valence electrons. The van der Waals surface area contributed by atoms with Crippen molar-refractivity contribution in [2.45, 2.75) is 26.2 Å². The SMILES string of the molecule is CC(C)(C)c1nc(Nc2ccccc2NC(=S)Nc2ccc(-c3ccccc3)nn2)sc1C#N. The minimum atomic E-state index is -0.220. The highest BCUT2D eigenvalue weighted by molar-refractivity contribution is 7.80. The van der Waals surface area contributed by atoms with E-state index in [2.05, 4.69) is 37.2 Å². The Hall–Kier alpha value is -3.87. The van der Waals surface area contributed by atoms with E-state index in [1.807, 2.05) is 87.5 Å². The molecule has 0 fully saturated rings. The Labute approximate surface area is 207 Å². The van der Waals surface area contributed by atoms with E-state index in [1.54, 1.807) is 0 Å². The Kier molecular flexibility index (Phi) is 6.82. The maximum Gasteiger partial charge on any atom is 0.188 e. The van der Waals surface area contributed by atoms with Gasteiger partial charge < -0.3 is 16.0 Å². The van der Waals surface area contributed by atoms with Crippen molar-refractivity contribution in [3.63, 3.8) is 0 Å². The second-order valence-corrected chi connectivity index (χ2v) is 9.89. The quantitative estimate of drug-likeness (QED) is 0.282. The van der Waals surface area contributed by atoms with Crippen molar-refractivity contribution in [1.82, 2.24) is 15.2 Å². The minimum absolute atomic E-state index is 0.220. The molecular weight excluding hydrogens is 462 g/mol. The van der Waals surface area contributed by atoms with Gasteiger partial charge in [-0.25, -0.2) is 4.98 Å². The maximum absolute atomic E-state index is 9.50. The summed E-state index contributed by atoms with van der Waals surface area (Å²) in [5.41, 5.74) is 3.90. The molecule has 34 heavy (non-hydrogen) atoms. The first-order valence-electron chi connectivity index (χ1n) is 10.6. The van der Waals surface area contributed by atoms with Crippen molar-refractivity contribution >= 4 is 51.0 Å². The largest absolute Gasteiger partial charge is 0.331 e. The molecule has 2 aromatic carbocycles. The summed E-state index contributed by atoms with van der Waals surface area (Å²) in [6.45, 7) is 6.13. The van der Waals surface area contributed by atoms with Gasteiger partial charge in [0.25, 0.3) is 0 Å². The van der Waals surface area contributed by atoms with Gasteiger partial charge in [-0.2, -0.15) is 5.26 Å². The number of rotatable bonds is 5.